The van der Waals surface area contributed by atoms with Crippen LogP contribution < -0.4 is 5.32 Å². The lowest BCUT2D eigenvalue weighted by Gasteiger charge is -2.24. The summed E-state index contributed by atoms with van der Waals surface area (Å²) in [6.45, 7) is 10.1. The number of benzene rings is 2. The summed E-state index contributed by atoms with van der Waals surface area (Å²) in [4.78, 5) is 39.8. The molecule has 0 radical (unpaired) electrons. The first kappa shape index (κ1) is 27.8. The zero-order valence-electron chi connectivity index (χ0n) is 23.0. The van der Waals surface area contributed by atoms with Gasteiger partial charge in [-0.2, -0.15) is 0 Å². The molecule has 2 N–H and O–H groups in total. The summed E-state index contributed by atoms with van der Waals surface area (Å²) >= 11 is 0. The largest absolute Gasteiger partial charge is 0.444 e. The second kappa shape index (κ2) is 11.6. The number of ether oxygens (including phenoxy) is 1. The standard InChI is InChI=1S/C30H34FN5O3/c1-19-6-7-21(16-20(19)2)26-27(33-12-11-32-26)28(37)36(15-13-34-29(38)39-30(3,4)5)14-10-22-18-35-25-9-8-23(31)17-24(22)25/h6-9,11-12,16-18,35H,10,13-15H2,1-5H3,(H,34,38). The summed E-state index contributed by atoms with van der Waals surface area (Å²) in [6.07, 6.45) is 4.81. The van der Waals surface area contributed by atoms with E-state index in [-0.39, 0.29) is 30.5 Å². The van der Waals surface area contributed by atoms with Gasteiger partial charge in [0, 0.05) is 54.7 Å². The molecule has 0 atom stereocenters. The number of carbonyl (C=O) groups excluding carboxylic acids is 2. The van der Waals surface area contributed by atoms with Crippen LogP contribution in [0.1, 0.15) is 48.0 Å². The summed E-state index contributed by atoms with van der Waals surface area (Å²) < 4.78 is 19.2. The Labute approximate surface area is 227 Å². The molecule has 2 aromatic carbocycles. The van der Waals surface area contributed by atoms with E-state index in [0.29, 0.717) is 18.7 Å². The van der Waals surface area contributed by atoms with Crippen LogP contribution in [0.25, 0.3) is 22.2 Å². The van der Waals surface area contributed by atoms with Crippen LogP contribution in [0.4, 0.5) is 9.18 Å². The van der Waals surface area contributed by atoms with Crippen molar-refractivity contribution in [1.29, 1.82) is 0 Å². The summed E-state index contributed by atoms with van der Waals surface area (Å²) in [5.41, 5.74) is 4.81. The number of H-pyrrole nitrogens is 1. The van der Waals surface area contributed by atoms with Gasteiger partial charge in [0.1, 0.15) is 17.1 Å². The van der Waals surface area contributed by atoms with E-state index in [1.165, 1.54) is 18.3 Å². The van der Waals surface area contributed by atoms with E-state index in [1.807, 2.05) is 38.2 Å². The molecule has 9 heteroatoms. The number of aromatic amines is 1. The van der Waals surface area contributed by atoms with Crippen molar-refractivity contribution in [3.05, 3.63) is 83.2 Å². The molecule has 0 aliphatic heterocycles. The molecule has 2 aromatic heterocycles. The van der Waals surface area contributed by atoms with Crippen molar-refractivity contribution in [2.24, 2.45) is 0 Å². The molecule has 2 heterocycles. The Morgan fingerprint density at radius 2 is 1.79 bits per heavy atom. The minimum Gasteiger partial charge on any atom is -0.444 e. The highest BCUT2D eigenvalue weighted by molar-refractivity contribution is 5.98. The number of aryl methyl sites for hydroxylation is 2. The van der Waals surface area contributed by atoms with Gasteiger partial charge in [-0.15, -0.1) is 0 Å². The van der Waals surface area contributed by atoms with E-state index in [2.05, 4.69) is 20.3 Å². The number of amides is 2. The van der Waals surface area contributed by atoms with E-state index in [0.717, 1.165) is 33.2 Å². The topological polar surface area (TPSA) is 100 Å². The third-order valence-electron chi connectivity index (χ3n) is 6.40. The van der Waals surface area contributed by atoms with Gasteiger partial charge >= 0.3 is 6.09 Å². The van der Waals surface area contributed by atoms with Crippen LogP contribution in [-0.2, 0) is 11.2 Å². The van der Waals surface area contributed by atoms with Crippen molar-refractivity contribution in [1.82, 2.24) is 25.2 Å². The number of nitrogens with one attached hydrogen (secondary N) is 2. The summed E-state index contributed by atoms with van der Waals surface area (Å²) in [6, 6.07) is 10.5. The number of hydrogen-bond donors (Lipinski definition) is 2. The van der Waals surface area contributed by atoms with Crippen LogP contribution >= 0.6 is 0 Å². The van der Waals surface area contributed by atoms with E-state index in [1.54, 1.807) is 37.9 Å². The van der Waals surface area contributed by atoms with Crippen molar-refractivity contribution in [2.45, 2.75) is 46.6 Å². The lowest BCUT2D eigenvalue weighted by Crippen LogP contribution is -2.41. The smallest absolute Gasteiger partial charge is 0.407 e. The number of halogens is 1. The number of rotatable bonds is 8. The fourth-order valence-electron chi connectivity index (χ4n) is 4.28. The Hall–Kier alpha value is -4.27. The number of alkyl carbamates (subject to hydrolysis) is 1. The average Bonchev–Trinajstić information content (AvgIpc) is 3.28. The molecule has 0 bridgehead atoms. The van der Waals surface area contributed by atoms with Crippen LogP contribution in [0.2, 0.25) is 0 Å². The number of carbonyl (C=O) groups is 2. The number of aromatic nitrogens is 3. The Kier molecular flexibility index (Phi) is 8.28. The lowest BCUT2D eigenvalue weighted by molar-refractivity contribution is 0.0513. The Bertz CT molecular complexity index is 1490. The summed E-state index contributed by atoms with van der Waals surface area (Å²) in [7, 11) is 0. The van der Waals surface area contributed by atoms with Crippen molar-refractivity contribution in [3.63, 3.8) is 0 Å². The first-order valence-corrected chi connectivity index (χ1v) is 12.9. The van der Waals surface area contributed by atoms with Crippen molar-refractivity contribution in [2.75, 3.05) is 19.6 Å². The van der Waals surface area contributed by atoms with Gasteiger partial charge in [-0.3, -0.25) is 9.78 Å². The molecule has 4 rings (SSSR count). The third-order valence-corrected chi connectivity index (χ3v) is 6.40. The molecule has 0 fully saturated rings. The second-order valence-corrected chi connectivity index (χ2v) is 10.5. The Morgan fingerprint density at radius 1 is 1.03 bits per heavy atom. The normalized spacial score (nSPS) is 11.4. The number of fused-ring (bicyclic) bond motifs is 1. The number of hydrogen-bond acceptors (Lipinski definition) is 5. The molecule has 0 aliphatic rings. The quantitative estimate of drug-likeness (QED) is 0.309. The maximum Gasteiger partial charge on any atom is 0.407 e. The Morgan fingerprint density at radius 3 is 2.54 bits per heavy atom. The number of nitrogens with zero attached hydrogens (tertiary/aromatic N) is 3. The summed E-state index contributed by atoms with van der Waals surface area (Å²) in [5, 5.41) is 3.49. The highest BCUT2D eigenvalue weighted by atomic mass is 19.1. The van der Waals surface area contributed by atoms with Gasteiger partial charge in [0.15, 0.2) is 5.69 Å². The SMILES string of the molecule is Cc1ccc(-c2nccnc2C(=O)N(CCNC(=O)OC(C)(C)C)CCc2c[nH]c3ccc(F)cc23)cc1C. The van der Waals surface area contributed by atoms with Gasteiger partial charge in [-0.1, -0.05) is 12.1 Å². The van der Waals surface area contributed by atoms with Gasteiger partial charge < -0.3 is 19.9 Å². The summed E-state index contributed by atoms with van der Waals surface area (Å²) in [5.74, 6) is -0.635. The van der Waals surface area contributed by atoms with E-state index >= 15 is 0 Å². The van der Waals surface area contributed by atoms with Crippen molar-refractivity contribution in [3.8, 4) is 11.3 Å². The molecular formula is C30H34FN5O3. The molecule has 204 valence electrons. The maximum absolute atomic E-state index is 13.9. The molecule has 0 saturated heterocycles. The third kappa shape index (κ3) is 6.98. The average molecular weight is 532 g/mol. The molecule has 0 spiro atoms. The highest BCUT2D eigenvalue weighted by Gasteiger charge is 2.23. The molecule has 39 heavy (non-hydrogen) atoms. The van der Waals surface area contributed by atoms with Crippen LogP contribution in [0.15, 0.2) is 55.0 Å². The van der Waals surface area contributed by atoms with Gasteiger partial charge in [0.2, 0.25) is 0 Å². The molecule has 0 aliphatic carbocycles. The predicted octanol–water partition coefficient (Wildman–Crippen LogP) is 5.59. The van der Waals surface area contributed by atoms with Crippen LogP contribution in [0.3, 0.4) is 0 Å². The van der Waals surface area contributed by atoms with E-state index in [4.69, 9.17) is 4.74 Å². The minimum absolute atomic E-state index is 0.183. The van der Waals surface area contributed by atoms with Crippen LogP contribution in [0, 0.1) is 19.7 Å². The molecule has 8 nitrogen and oxygen atoms in total. The molecule has 4 aromatic rings. The van der Waals surface area contributed by atoms with Gasteiger partial charge in [0.05, 0.1) is 0 Å². The van der Waals surface area contributed by atoms with Gasteiger partial charge in [-0.25, -0.2) is 14.2 Å². The monoisotopic (exact) mass is 531 g/mol. The first-order chi connectivity index (χ1) is 18.5. The molecule has 0 unspecified atom stereocenters. The predicted molar refractivity (Wildman–Crippen MR) is 149 cm³/mol. The van der Waals surface area contributed by atoms with Crippen molar-refractivity contribution < 1.29 is 18.7 Å². The lowest BCUT2D eigenvalue weighted by atomic mass is 10.0. The highest BCUT2D eigenvalue weighted by Crippen LogP contribution is 2.24. The van der Waals surface area contributed by atoms with Crippen molar-refractivity contribution >= 4 is 22.9 Å². The molecular weight excluding hydrogens is 497 g/mol. The van der Waals surface area contributed by atoms with E-state index in [9.17, 15) is 14.0 Å². The van der Waals surface area contributed by atoms with Gasteiger partial charge in [0.25, 0.3) is 5.91 Å². The fraction of sp³-hybridized carbons (Fsp3) is 0.333. The minimum atomic E-state index is -0.634. The maximum atomic E-state index is 13.9. The fourth-order valence-corrected chi connectivity index (χ4v) is 4.28. The zero-order chi connectivity index (χ0) is 28.2. The van der Waals surface area contributed by atoms with Crippen LogP contribution in [-0.4, -0.2) is 57.1 Å². The molecule has 2 amide bonds. The first-order valence-electron chi connectivity index (χ1n) is 12.9. The molecule has 0 saturated carbocycles. The van der Waals surface area contributed by atoms with E-state index < -0.39 is 11.7 Å². The van der Waals surface area contributed by atoms with Crippen LogP contribution in [0.5, 0.6) is 0 Å². The second-order valence-electron chi connectivity index (χ2n) is 10.5. The zero-order valence-corrected chi connectivity index (χ0v) is 23.0. The van der Waals surface area contributed by atoms with Gasteiger partial charge in [-0.05, 0) is 82.0 Å². The Balaban J connectivity index is 1.59.